The molecule has 23 heavy (non-hydrogen) atoms. The molecule has 3 rings (SSSR count). The van der Waals surface area contributed by atoms with E-state index in [0.717, 1.165) is 19.4 Å². The average Bonchev–Trinajstić information content (AvgIpc) is 3.43. The highest BCUT2D eigenvalue weighted by molar-refractivity contribution is 5.96. The standard InChI is InChI=1S/C17H23N3O3/c1-23-16-14(5-2-8-18-16)17(22)20-9-3-4-13(11-20)15(21)19-10-12-6-7-12/h2,5,8,12-13H,3-4,6-7,9-11H2,1H3,(H,19,21). The van der Waals surface area contributed by atoms with Crippen molar-refractivity contribution in [2.75, 3.05) is 26.7 Å². The fraction of sp³-hybridized carbons (Fsp3) is 0.588. The SMILES string of the molecule is COc1ncccc1C(=O)N1CCCC(C(=O)NCC2CC2)C1. The van der Waals surface area contributed by atoms with Crippen molar-refractivity contribution in [3.63, 3.8) is 0 Å². The van der Waals surface area contributed by atoms with Crippen LogP contribution in [0.3, 0.4) is 0 Å². The number of hydrogen-bond acceptors (Lipinski definition) is 4. The van der Waals surface area contributed by atoms with Gasteiger partial charge in [-0.15, -0.1) is 0 Å². The highest BCUT2D eigenvalue weighted by Gasteiger charge is 2.31. The largest absolute Gasteiger partial charge is 0.480 e. The van der Waals surface area contributed by atoms with E-state index in [1.165, 1.54) is 20.0 Å². The quantitative estimate of drug-likeness (QED) is 0.892. The zero-order valence-corrected chi connectivity index (χ0v) is 13.5. The summed E-state index contributed by atoms with van der Waals surface area (Å²) in [6.45, 7) is 1.91. The molecule has 1 aromatic heterocycles. The van der Waals surface area contributed by atoms with E-state index in [0.29, 0.717) is 30.5 Å². The molecule has 6 heteroatoms. The van der Waals surface area contributed by atoms with E-state index >= 15 is 0 Å². The summed E-state index contributed by atoms with van der Waals surface area (Å²) < 4.78 is 5.17. The summed E-state index contributed by atoms with van der Waals surface area (Å²) in [6, 6.07) is 3.43. The number of methoxy groups -OCH3 is 1. The van der Waals surface area contributed by atoms with Gasteiger partial charge in [-0.1, -0.05) is 0 Å². The Balaban J connectivity index is 1.62. The third kappa shape index (κ3) is 3.81. The number of carbonyl (C=O) groups is 2. The smallest absolute Gasteiger partial charge is 0.259 e. The van der Waals surface area contributed by atoms with Crippen molar-refractivity contribution >= 4 is 11.8 Å². The Morgan fingerprint density at radius 2 is 2.22 bits per heavy atom. The Morgan fingerprint density at radius 3 is 2.96 bits per heavy atom. The maximum absolute atomic E-state index is 12.7. The number of rotatable bonds is 5. The Kier molecular flexibility index (Phi) is 4.79. The van der Waals surface area contributed by atoms with Crippen LogP contribution in [0.1, 0.15) is 36.0 Å². The second-order valence-electron chi connectivity index (χ2n) is 6.34. The lowest BCUT2D eigenvalue weighted by molar-refractivity contribution is -0.126. The molecule has 1 aliphatic carbocycles. The van der Waals surface area contributed by atoms with Crippen LogP contribution in [0.4, 0.5) is 0 Å². The van der Waals surface area contributed by atoms with Gasteiger partial charge in [-0.2, -0.15) is 0 Å². The highest BCUT2D eigenvalue weighted by atomic mass is 16.5. The summed E-state index contributed by atoms with van der Waals surface area (Å²) in [5.41, 5.74) is 0.453. The average molecular weight is 317 g/mol. The summed E-state index contributed by atoms with van der Waals surface area (Å²) >= 11 is 0. The predicted molar refractivity (Wildman–Crippen MR) is 85.2 cm³/mol. The van der Waals surface area contributed by atoms with Crippen LogP contribution in [0, 0.1) is 11.8 Å². The van der Waals surface area contributed by atoms with Gasteiger partial charge >= 0.3 is 0 Å². The normalized spacial score (nSPS) is 20.9. The van der Waals surface area contributed by atoms with Crippen molar-refractivity contribution in [3.05, 3.63) is 23.9 Å². The van der Waals surface area contributed by atoms with Gasteiger partial charge in [0, 0.05) is 25.8 Å². The van der Waals surface area contributed by atoms with Crippen molar-refractivity contribution in [2.45, 2.75) is 25.7 Å². The number of nitrogens with zero attached hydrogens (tertiary/aromatic N) is 2. The first kappa shape index (κ1) is 15.8. The number of carbonyl (C=O) groups excluding carboxylic acids is 2. The molecule has 1 atom stereocenters. The molecule has 1 saturated carbocycles. The summed E-state index contributed by atoms with van der Waals surface area (Å²) in [7, 11) is 1.50. The maximum Gasteiger partial charge on any atom is 0.259 e. The summed E-state index contributed by atoms with van der Waals surface area (Å²) in [6.07, 6.45) is 5.72. The third-order valence-corrected chi connectivity index (χ3v) is 4.54. The number of likely N-dealkylation sites (tertiary alicyclic amines) is 1. The Hall–Kier alpha value is -2.11. The topological polar surface area (TPSA) is 71.5 Å². The number of ether oxygens (including phenoxy) is 1. The van der Waals surface area contributed by atoms with E-state index in [9.17, 15) is 9.59 Å². The van der Waals surface area contributed by atoms with Gasteiger partial charge in [0.1, 0.15) is 5.56 Å². The predicted octanol–water partition coefficient (Wildman–Crippen LogP) is 1.47. The second kappa shape index (κ2) is 6.98. The van der Waals surface area contributed by atoms with Gasteiger partial charge in [-0.25, -0.2) is 4.98 Å². The fourth-order valence-corrected chi connectivity index (χ4v) is 2.97. The van der Waals surface area contributed by atoms with E-state index in [1.807, 2.05) is 0 Å². The van der Waals surface area contributed by atoms with Gasteiger partial charge in [0.05, 0.1) is 13.0 Å². The molecular formula is C17H23N3O3. The lowest BCUT2D eigenvalue weighted by Gasteiger charge is -2.32. The molecule has 0 spiro atoms. The first-order valence-corrected chi connectivity index (χ1v) is 8.25. The van der Waals surface area contributed by atoms with Crippen LogP contribution in [-0.4, -0.2) is 48.4 Å². The third-order valence-electron chi connectivity index (χ3n) is 4.54. The summed E-state index contributed by atoms with van der Waals surface area (Å²) in [4.78, 5) is 30.8. The van der Waals surface area contributed by atoms with Gasteiger partial charge in [0.2, 0.25) is 11.8 Å². The number of aromatic nitrogens is 1. The van der Waals surface area contributed by atoms with Crippen molar-refractivity contribution in [1.29, 1.82) is 0 Å². The molecule has 124 valence electrons. The highest BCUT2D eigenvalue weighted by Crippen LogP contribution is 2.28. The monoisotopic (exact) mass is 317 g/mol. The molecule has 0 radical (unpaired) electrons. The maximum atomic E-state index is 12.7. The zero-order chi connectivity index (χ0) is 16.2. The van der Waals surface area contributed by atoms with Crippen LogP contribution in [-0.2, 0) is 4.79 Å². The van der Waals surface area contributed by atoms with Crippen LogP contribution >= 0.6 is 0 Å². The van der Waals surface area contributed by atoms with Crippen LogP contribution < -0.4 is 10.1 Å². The van der Waals surface area contributed by atoms with Crippen molar-refractivity contribution in [2.24, 2.45) is 11.8 Å². The van der Waals surface area contributed by atoms with Crippen molar-refractivity contribution < 1.29 is 14.3 Å². The van der Waals surface area contributed by atoms with E-state index < -0.39 is 0 Å². The van der Waals surface area contributed by atoms with Gasteiger partial charge < -0.3 is 15.0 Å². The van der Waals surface area contributed by atoms with Crippen LogP contribution in [0.2, 0.25) is 0 Å². The van der Waals surface area contributed by atoms with Gasteiger partial charge in [0.25, 0.3) is 5.91 Å². The lowest BCUT2D eigenvalue weighted by Crippen LogP contribution is -2.45. The first-order chi connectivity index (χ1) is 11.2. The minimum atomic E-state index is -0.117. The van der Waals surface area contributed by atoms with Crippen LogP contribution in [0.25, 0.3) is 0 Å². The Bertz CT molecular complexity index is 586. The molecule has 1 aliphatic heterocycles. The Labute approximate surface area is 136 Å². The van der Waals surface area contributed by atoms with Crippen molar-refractivity contribution in [3.8, 4) is 5.88 Å². The van der Waals surface area contributed by atoms with E-state index in [-0.39, 0.29) is 17.7 Å². The summed E-state index contributed by atoms with van der Waals surface area (Å²) in [5.74, 6) is 0.842. The fourth-order valence-electron chi connectivity index (χ4n) is 2.97. The molecule has 1 saturated heterocycles. The minimum Gasteiger partial charge on any atom is -0.480 e. The molecule has 2 fully saturated rings. The van der Waals surface area contributed by atoms with E-state index in [1.54, 1.807) is 23.2 Å². The zero-order valence-electron chi connectivity index (χ0n) is 13.5. The van der Waals surface area contributed by atoms with Gasteiger partial charge in [-0.3, -0.25) is 9.59 Å². The van der Waals surface area contributed by atoms with Crippen LogP contribution in [0.15, 0.2) is 18.3 Å². The Morgan fingerprint density at radius 1 is 1.39 bits per heavy atom. The molecule has 0 aromatic carbocycles. The molecule has 1 unspecified atom stereocenters. The molecule has 2 heterocycles. The van der Waals surface area contributed by atoms with Gasteiger partial charge in [0.15, 0.2) is 0 Å². The van der Waals surface area contributed by atoms with Gasteiger partial charge in [-0.05, 0) is 43.7 Å². The summed E-state index contributed by atoms with van der Waals surface area (Å²) in [5, 5.41) is 3.02. The molecular weight excluding hydrogens is 294 g/mol. The molecule has 1 aromatic rings. The molecule has 2 amide bonds. The molecule has 0 bridgehead atoms. The number of pyridine rings is 1. The van der Waals surface area contributed by atoms with E-state index in [4.69, 9.17) is 4.74 Å². The minimum absolute atomic E-state index is 0.0764. The first-order valence-electron chi connectivity index (χ1n) is 8.25. The van der Waals surface area contributed by atoms with E-state index in [2.05, 4.69) is 10.3 Å². The molecule has 2 aliphatic rings. The number of amides is 2. The van der Waals surface area contributed by atoms with Crippen molar-refractivity contribution in [1.82, 2.24) is 15.2 Å². The lowest BCUT2D eigenvalue weighted by atomic mass is 9.96. The number of hydrogen-bond donors (Lipinski definition) is 1. The number of piperidine rings is 1. The van der Waals surface area contributed by atoms with Crippen LogP contribution in [0.5, 0.6) is 5.88 Å². The molecule has 1 N–H and O–H groups in total. The molecule has 6 nitrogen and oxygen atoms in total. The number of nitrogens with one attached hydrogen (secondary N) is 1. The second-order valence-corrected chi connectivity index (χ2v) is 6.34.